The Bertz CT molecular complexity index is 894. The number of hydrogen-bond acceptors (Lipinski definition) is 6. The van der Waals surface area contributed by atoms with E-state index in [-0.39, 0.29) is 31.1 Å². The van der Waals surface area contributed by atoms with Crippen LogP contribution >= 0.6 is 11.8 Å². The minimum atomic E-state index is -4.72. The van der Waals surface area contributed by atoms with Gasteiger partial charge in [-0.15, -0.1) is 0 Å². The molecule has 2 aromatic rings. The van der Waals surface area contributed by atoms with Crippen LogP contribution in [0.15, 0.2) is 60.7 Å². The molecule has 1 amide bonds. The number of hydrogen-bond donors (Lipinski definition) is 2. The van der Waals surface area contributed by atoms with E-state index < -0.39 is 36.3 Å². The van der Waals surface area contributed by atoms with E-state index in [0.29, 0.717) is 0 Å². The Hall–Kier alpha value is -2.72. The van der Waals surface area contributed by atoms with Crippen LogP contribution in [0.1, 0.15) is 30.9 Å². The highest BCUT2D eigenvalue weighted by atomic mass is 32.2. The van der Waals surface area contributed by atoms with Gasteiger partial charge in [-0.2, -0.15) is 24.9 Å². The number of alkyl halides is 3. The molecule has 0 fully saturated rings. The number of benzene rings is 2. The maximum atomic E-state index is 12.8. The second-order valence-electron chi connectivity index (χ2n) is 7.77. The van der Waals surface area contributed by atoms with Crippen molar-refractivity contribution in [2.75, 3.05) is 11.5 Å². The van der Waals surface area contributed by atoms with E-state index in [1.165, 1.54) is 0 Å². The molecule has 0 aliphatic carbocycles. The van der Waals surface area contributed by atoms with Crippen LogP contribution in [-0.4, -0.2) is 46.5 Å². The molecule has 0 aliphatic rings. The van der Waals surface area contributed by atoms with E-state index in [4.69, 9.17) is 9.47 Å². The van der Waals surface area contributed by atoms with Gasteiger partial charge < -0.3 is 19.9 Å². The molecule has 2 aromatic carbocycles. The molecule has 0 aromatic heterocycles. The summed E-state index contributed by atoms with van der Waals surface area (Å²) < 4.78 is 48.7. The smallest absolute Gasteiger partial charge is 0.416 e. The molecule has 1 unspecified atom stereocenters. The average Bonchev–Trinajstić information content (AvgIpc) is 2.80. The normalized spacial score (nSPS) is 14.0. The first-order valence-corrected chi connectivity index (χ1v) is 11.8. The van der Waals surface area contributed by atoms with E-state index in [2.05, 4.69) is 5.32 Å². The van der Waals surface area contributed by atoms with Crippen LogP contribution in [0.2, 0.25) is 0 Å². The Balaban J connectivity index is 1.87. The number of alkyl carbamates (subject to hydrolysis) is 1. The van der Waals surface area contributed by atoms with Crippen molar-refractivity contribution in [2.24, 2.45) is 0 Å². The number of amides is 1. The van der Waals surface area contributed by atoms with Crippen molar-refractivity contribution in [3.8, 4) is 0 Å². The highest BCUT2D eigenvalue weighted by Crippen LogP contribution is 2.33. The lowest BCUT2D eigenvalue weighted by Crippen LogP contribution is -2.43. The second kappa shape index (κ2) is 13.2. The SMILES string of the molecule is CC(O)(CCSCC[C@H](NC(=O)OCc1ccccc1)C(=O)OCc1ccccc1)C(F)(F)F. The molecule has 10 heteroatoms. The fraction of sp³-hybridized carbons (Fsp3) is 0.417. The van der Waals surface area contributed by atoms with Gasteiger partial charge in [0.2, 0.25) is 0 Å². The van der Waals surface area contributed by atoms with Crippen LogP contribution in [0, 0.1) is 0 Å². The molecule has 2 N–H and O–H groups in total. The molecule has 34 heavy (non-hydrogen) atoms. The largest absolute Gasteiger partial charge is 0.459 e. The summed E-state index contributed by atoms with van der Waals surface area (Å²) in [6.45, 7) is 0.750. The van der Waals surface area contributed by atoms with E-state index in [1.807, 2.05) is 12.1 Å². The first-order valence-electron chi connectivity index (χ1n) is 10.6. The zero-order valence-electron chi connectivity index (χ0n) is 18.7. The summed E-state index contributed by atoms with van der Waals surface area (Å²) in [7, 11) is 0. The monoisotopic (exact) mass is 499 g/mol. The van der Waals surface area contributed by atoms with Crippen molar-refractivity contribution < 1.29 is 37.3 Å². The molecule has 6 nitrogen and oxygen atoms in total. The number of rotatable bonds is 12. The molecule has 2 rings (SSSR count). The van der Waals surface area contributed by atoms with Gasteiger partial charge in [-0.05, 0) is 42.4 Å². The quantitative estimate of drug-likeness (QED) is 0.321. The molecule has 0 heterocycles. The van der Waals surface area contributed by atoms with Gasteiger partial charge in [0.15, 0.2) is 5.60 Å². The number of carbonyl (C=O) groups excluding carboxylic acids is 2. The summed E-state index contributed by atoms with van der Waals surface area (Å²) in [4.78, 5) is 24.8. The van der Waals surface area contributed by atoms with Gasteiger partial charge in [0, 0.05) is 0 Å². The standard InChI is InChI=1S/C24H28F3NO5S/c1-23(31,24(25,26)27)13-15-34-14-12-20(21(29)32-16-18-8-4-2-5-9-18)28-22(30)33-17-19-10-6-3-7-11-19/h2-11,20,31H,12-17H2,1H3,(H,28,30)/t20-,23?/m0/s1. The number of halogens is 3. The van der Waals surface area contributed by atoms with Crippen LogP contribution < -0.4 is 5.32 Å². The second-order valence-corrected chi connectivity index (χ2v) is 9.00. The predicted octanol–water partition coefficient (Wildman–Crippen LogP) is 4.85. The van der Waals surface area contributed by atoms with Gasteiger partial charge in [0.25, 0.3) is 0 Å². The number of ether oxygens (including phenoxy) is 2. The summed E-state index contributed by atoms with van der Waals surface area (Å²) in [5, 5.41) is 12.0. The maximum Gasteiger partial charge on any atom is 0.416 e. The molecule has 0 spiro atoms. The fourth-order valence-electron chi connectivity index (χ4n) is 2.70. The van der Waals surface area contributed by atoms with Crippen LogP contribution in [0.3, 0.4) is 0 Å². The van der Waals surface area contributed by atoms with Crippen LogP contribution in [0.25, 0.3) is 0 Å². The fourth-order valence-corrected chi connectivity index (χ4v) is 3.85. The van der Waals surface area contributed by atoms with Gasteiger partial charge in [-0.1, -0.05) is 60.7 Å². The number of nitrogens with one attached hydrogen (secondary N) is 1. The molecule has 0 bridgehead atoms. The summed E-state index contributed by atoms with van der Waals surface area (Å²) >= 11 is 1.13. The third kappa shape index (κ3) is 9.64. The Labute approximate surface area is 200 Å². The third-order valence-electron chi connectivity index (χ3n) is 4.91. The van der Waals surface area contributed by atoms with Crippen molar-refractivity contribution in [3.05, 3.63) is 71.8 Å². The first-order chi connectivity index (χ1) is 16.1. The van der Waals surface area contributed by atoms with Crippen molar-refractivity contribution in [2.45, 2.75) is 50.8 Å². The van der Waals surface area contributed by atoms with Gasteiger partial charge in [0.05, 0.1) is 0 Å². The lowest BCUT2D eigenvalue weighted by atomic mass is 10.0. The summed E-state index contributed by atoms with van der Waals surface area (Å²) in [5.41, 5.74) is -1.24. The van der Waals surface area contributed by atoms with E-state index >= 15 is 0 Å². The average molecular weight is 500 g/mol. The minimum Gasteiger partial charge on any atom is -0.459 e. The molecule has 0 radical (unpaired) electrons. The summed E-state index contributed by atoms with van der Waals surface area (Å²) in [6.07, 6.45) is -5.90. The zero-order valence-corrected chi connectivity index (χ0v) is 19.5. The van der Waals surface area contributed by atoms with Crippen molar-refractivity contribution in [1.29, 1.82) is 0 Å². The molecule has 186 valence electrons. The van der Waals surface area contributed by atoms with Crippen LogP contribution in [0.5, 0.6) is 0 Å². The first kappa shape index (κ1) is 27.5. The Morgan fingerprint density at radius 1 is 0.941 bits per heavy atom. The molecular weight excluding hydrogens is 471 g/mol. The number of aliphatic hydroxyl groups is 1. The van der Waals surface area contributed by atoms with Crippen molar-refractivity contribution in [1.82, 2.24) is 5.32 Å². The highest BCUT2D eigenvalue weighted by Gasteiger charge is 2.49. The topological polar surface area (TPSA) is 84.9 Å². The minimum absolute atomic E-state index is 0.0124. The maximum absolute atomic E-state index is 12.8. The van der Waals surface area contributed by atoms with Gasteiger partial charge >= 0.3 is 18.2 Å². The van der Waals surface area contributed by atoms with Crippen molar-refractivity contribution >= 4 is 23.8 Å². The van der Waals surface area contributed by atoms with Gasteiger partial charge in [-0.25, -0.2) is 9.59 Å². The van der Waals surface area contributed by atoms with Gasteiger partial charge in [0.1, 0.15) is 19.3 Å². The summed E-state index contributed by atoms with van der Waals surface area (Å²) in [6, 6.07) is 16.9. The molecule has 0 aliphatic heterocycles. The number of thioether (sulfide) groups is 1. The zero-order chi connectivity index (χ0) is 25.0. The third-order valence-corrected chi connectivity index (χ3v) is 5.93. The van der Waals surface area contributed by atoms with Gasteiger partial charge in [-0.3, -0.25) is 0 Å². The lowest BCUT2D eigenvalue weighted by molar-refractivity contribution is -0.253. The van der Waals surface area contributed by atoms with Crippen molar-refractivity contribution in [3.63, 3.8) is 0 Å². The molecule has 0 saturated heterocycles. The number of esters is 1. The van der Waals surface area contributed by atoms with E-state index in [1.54, 1.807) is 48.5 Å². The predicted molar refractivity (Wildman–Crippen MR) is 123 cm³/mol. The number of carbonyl (C=O) groups is 2. The Morgan fingerprint density at radius 2 is 1.47 bits per heavy atom. The Kier molecular flexibility index (Phi) is 10.7. The van der Waals surface area contributed by atoms with Crippen LogP contribution in [0.4, 0.5) is 18.0 Å². The highest BCUT2D eigenvalue weighted by molar-refractivity contribution is 7.99. The Morgan fingerprint density at radius 3 is 2.00 bits per heavy atom. The van der Waals surface area contributed by atoms with Crippen LogP contribution in [-0.2, 0) is 27.5 Å². The lowest BCUT2D eigenvalue weighted by Gasteiger charge is -2.26. The molecule has 2 atom stereocenters. The summed E-state index contributed by atoms with van der Waals surface area (Å²) in [5.74, 6) is -0.391. The van der Waals surface area contributed by atoms with E-state index in [0.717, 1.165) is 29.8 Å². The molecular formula is C24H28F3NO5S. The molecule has 0 saturated carbocycles. The van der Waals surface area contributed by atoms with E-state index in [9.17, 15) is 27.9 Å².